The Kier molecular flexibility index (Phi) is 8.66. The van der Waals surface area contributed by atoms with Crippen molar-refractivity contribution in [1.29, 1.82) is 0 Å². The normalized spacial score (nSPS) is 13.7. The smallest absolute Gasteiger partial charge is 0.286 e. The van der Waals surface area contributed by atoms with E-state index in [4.69, 9.17) is 14.2 Å². The van der Waals surface area contributed by atoms with Crippen molar-refractivity contribution < 1.29 is 28.7 Å². The molecule has 0 spiro atoms. The fraction of sp³-hybridized carbons (Fsp3) is 0.579. The predicted molar refractivity (Wildman–Crippen MR) is 104 cm³/mol. The van der Waals surface area contributed by atoms with Gasteiger partial charge in [-0.3, -0.25) is 19.7 Å². The van der Waals surface area contributed by atoms with Crippen LogP contribution < -0.4 is 20.1 Å². The highest BCUT2D eigenvalue weighted by molar-refractivity contribution is 5.99. The highest BCUT2D eigenvalue weighted by Crippen LogP contribution is 2.34. The Labute approximate surface area is 169 Å². The number of methoxy groups -OCH3 is 2. The van der Waals surface area contributed by atoms with Gasteiger partial charge in [-0.05, 0) is 12.8 Å². The van der Waals surface area contributed by atoms with Crippen molar-refractivity contribution in [2.75, 3.05) is 40.5 Å². The monoisotopic (exact) mass is 409 g/mol. The van der Waals surface area contributed by atoms with Gasteiger partial charge in [0.15, 0.2) is 11.5 Å². The van der Waals surface area contributed by atoms with E-state index in [1.165, 1.54) is 20.3 Å². The quantitative estimate of drug-likeness (QED) is 0.323. The number of nitro benzene ring substituents is 1. The number of benzene rings is 1. The van der Waals surface area contributed by atoms with Gasteiger partial charge in [0.25, 0.3) is 11.6 Å². The van der Waals surface area contributed by atoms with Crippen LogP contribution in [0.2, 0.25) is 0 Å². The van der Waals surface area contributed by atoms with Gasteiger partial charge in [0.1, 0.15) is 12.2 Å². The Bertz CT molecular complexity index is 733. The Balaban J connectivity index is 1.99. The van der Waals surface area contributed by atoms with Gasteiger partial charge in [-0.1, -0.05) is 12.8 Å². The molecule has 1 aromatic carbocycles. The van der Waals surface area contributed by atoms with Crippen LogP contribution in [0.5, 0.6) is 11.5 Å². The molecule has 1 aliphatic rings. The number of ether oxygens (including phenoxy) is 3. The number of rotatable bonds is 11. The molecule has 0 aliphatic heterocycles. The first-order valence-corrected chi connectivity index (χ1v) is 9.52. The summed E-state index contributed by atoms with van der Waals surface area (Å²) in [6, 6.07) is 2.43. The minimum atomic E-state index is -0.653. The zero-order valence-corrected chi connectivity index (χ0v) is 16.7. The molecule has 0 heterocycles. The number of carbonyl (C=O) groups is 2. The number of amides is 2. The highest BCUT2D eigenvalue weighted by atomic mass is 16.6. The molecular weight excluding hydrogens is 382 g/mol. The molecule has 10 nitrogen and oxygen atoms in total. The summed E-state index contributed by atoms with van der Waals surface area (Å²) in [6.45, 7) is 0.884. The highest BCUT2D eigenvalue weighted by Gasteiger charge is 2.25. The van der Waals surface area contributed by atoms with E-state index in [9.17, 15) is 19.7 Å². The fourth-order valence-electron chi connectivity index (χ4n) is 3.18. The summed E-state index contributed by atoms with van der Waals surface area (Å²) in [5.74, 6) is -0.250. The zero-order chi connectivity index (χ0) is 21.2. The molecule has 0 unspecified atom stereocenters. The topological polar surface area (TPSA) is 129 Å². The van der Waals surface area contributed by atoms with Gasteiger partial charge in [-0.15, -0.1) is 0 Å². The summed E-state index contributed by atoms with van der Waals surface area (Å²) in [5.41, 5.74) is -0.543. The Morgan fingerprint density at radius 2 is 1.79 bits per heavy atom. The molecule has 10 heteroatoms. The van der Waals surface area contributed by atoms with Crippen LogP contribution in [-0.4, -0.2) is 57.3 Å². The Hall–Kier alpha value is -2.88. The van der Waals surface area contributed by atoms with E-state index in [-0.39, 0.29) is 48.6 Å². The van der Waals surface area contributed by atoms with Gasteiger partial charge in [0.05, 0.1) is 24.7 Å². The summed E-state index contributed by atoms with van der Waals surface area (Å²) in [4.78, 5) is 35.2. The van der Waals surface area contributed by atoms with Gasteiger partial charge in [0.2, 0.25) is 5.91 Å². The summed E-state index contributed by atoms with van der Waals surface area (Å²) in [6.07, 6.45) is 3.91. The number of hydrogen-bond acceptors (Lipinski definition) is 7. The second-order valence-corrected chi connectivity index (χ2v) is 6.65. The third-order valence-electron chi connectivity index (χ3n) is 4.70. The van der Waals surface area contributed by atoms with Gasteiger partial charge in [-0.25, -0.2) is 0 Å². The average Bonchev–Trinajstić information content (AvgIpc) is 3.25. The fourth-order valence-corrected chi connectivity index (χ4v) is 3.18. The average molecular weight is 409 g/mol. The van der Waals surface area contributed by atoms with Crippen LogP contribution in [0.25, 0.3) is 0 Å². The zero-order valence-electron chi connectivity index (χ0n) is 16.7. The lowest BCUT2D eigenvalue weighted by molar-refractivity contribution is -0.385. The van der Waals surface area contributed by atoms with Crippen molar-refractivity contribution >= 4 is 17.5 Å². The van der Waals surface area contributed by atoms with Crippen LogP contribution in [0.4, 0.5) is 5.69 Å². The first kappa shape index (κ1) is 22.4. The second kappa shape index (κ2) is 11.2. The Morgan fingerprint density at radius 1 is 1.10 bits per heavy atom. The lowest BCUT2D eigenvalue weighted by atomic mass is 10.1. The maximum absolute atomic E-state index is 12.5. The molecular formula is C19H27N3O7. The number of hydrogen-bond donors (Lipinski definition) is 2. The summed E-state index contributed by atoms with van der Waals surface area (Å²) in [5, 5.41) is 16.8. The van der Waals surface area contributed by atoms with E-state index in [0.29, 0.717) is 6.61 Å². The molecule has 0 atom stereocenters. The number of carbonyl (C=O) groups excluding carboxylic acids is 2. The standard InChI is InChI=1S/C19H27N3O7/c1-27-9-10-29-17-12-15(22(25)26)14(11-16(17)28-2)19(24)21-8-7-20-18(23)13-5-3-4-6-13/h11-13H,3-10H2,1-2H3,(H,20,23)(H,21,24). The number of nitrogens with zero attached hydrogens (tertiary/aromatic N) is 1. The van der Waals surface area contributed by atoms with E-state index in [0.717, 1.165) is 31.7 Å². The summed E-state index contributed by atoms with van der Waals surface area (Å²) < 4.78 is 15.5. The molecule has 0 saturated heterocycles. The number of nitro groups is 1. The predicted octanol–water partition coefficient (Wildman–Crippen LogP) is 1.66. The first-order chi connectivity index (χ1) is 14.0. The van der Waals surface area contributed by atoms with Crippen molar-refractivity contribution in [3.8, 4) is 11.5 Å². The molecule has 1 aromatic rings. The molecule has 160 valence electrons. The number of nitrogens with one attached hydrogen (secondary N) is 2. The largest absolute Gasteiger partial charge is 0.493 e. The maximum atomic E-state index is 12.5. The van der Waals surface area contributed by atoms with Crippen LogP contribution >= 0.6 is 0 Å². The van der Waals surface area contributed by atoms with Gasteiger partial charge < -0.3 is 24.8 Å². The lowest BCUT2D eigenvalue weighted by Crippen LogP contribution is -2.37. The summed E-state index contributed by atoms with van der Waals surface area (Å²) >= 11 is 0. The molecule has 2 amide bonds. The van der Waals surface area contributed by atoms with Crippen molar-refractivity contribution in [2.45, 2.75) is 25.7 Å². The Morgan fingerprint density at radius 3 is 2.41 bits per heavy atom. The van der Waals surface area contributed by atoms with Crippen LogP contribution in [0, 0.1) is 16.0 Å². The van der Waals surface area contributed by atoms with Crippen LogP contribution in [0.3, 0.4) is 0 Å². The van der Waals surface area contributed by atoms with Crippen molar-refractivity contribution in [2.24, 2.45) is 5.92 Å². The van der Waals surface area contributed by atoms with Crippen molar-refractivity contribution in [3.63, 3.8) is 0 Å². The summed E-state index contributed by atoms with van der Waals surface area (Å²) in [7, 11) is 2.89. The van der Waals surface area contributed by atoms with E-state index >= 15 is 0 Å². The molecule has 2 rings (SSSR count). The van der Waals surface area contributed by atoms with Crippen molar-refractivity contribution in [3.05, 3.63) is 27.8 Å². The first-order valence-electron chi connectivity index (χ1n) is 9.52. The molecule has 1 aliphatic carbocycles. The van der Waals surface area contributed by atoms with E-state index in [1.807, 2.05) is 0 Å². The molecule has 0 bridgehead atoms. The minimum absolute atomic E-state index is 0.0121. The van der Waals surface area contributed by atoms with Gasteiger partial charge >= 0.3 is 0 Å². The minimum Gasteiger partial charge on any atom is -0.493 e. The van der Waals surface area contributed by atoms with Gasteiger partial charge in [0, 0.05) is 32.2 Å². The van der Waals surface area contributed by atoms with E-state index < -0.39 is 16.5 Å². The lowest BCUT2D eigenvalue weighted by Gasteiger charge is -2.13. The van der Waals surface area contributed by atoms with E-state index in [2.05, 4.69) is 10.6 Å². The second-order valence-electron chi connectivity index (χ2n) is 6.65. The molecule has 1 fully saturated rings. The van der Waals surface area contributed by atoms with Crippen LogP contribution in [0.15, 0.2) is 12.1 Å². The SMILES string of the molecule is COCCOc1cc([N+](=O)[O-])c(C(=O)NCCNC(=O)C2CCCC2)cc1OC. The molecule has 0 radical (unpaired) electrons. The third-order valence-corrected chi connectivity index (χ3v) is 4.70. The third kappa shape index (κ3) is 6.31. The molecule has 2 N–H and O–H groups in total. The van der Waals surface area contributed by atoms with E-state index in [1.54, 1.807) is 0 Å². The maximum Gasteiger partial charge on any atom is 0.286 e. The van der Waals surface area contributed by atoms with Crippen LogP contribution in [-0.2, 0) is 9.53 Å². The van der Waals surface area contributed by atoms with Crippen molar-refractivity contribution in [1.82, 2.24) is 10.6 Å². The van der Waals surface area contributed by atoms with Gasteiger partial charge in [-0.2, -0.15) is 0 Å². The van der Waals surface area contributed by atoms with Crippen LogP contribution in [0.1, 0.15) is 36.0 Å². The molecule has 1 saturated carbocycles. The molecule has 0 aromatic heterocycles. The molecule has 29 heavy (non-hydrogen) atoms.